The molecule has 0 radical (unpaired) electrons. The van der Waals surface area contributed by atoms with E-state index in [2.05, 4.69) is 11.1 Å². The quantitative estimate of drug-likeness (QED) is 0.741. The van der Waals surface area contributed by atoms with E-state index in [9.17, 15) is 9.90 Å². The highest BCUT2D eigenvalue weighted by Crippen LogP contribution is 2.32. The van der Waals surface area contributed by atoms with Gasteiger partial charge in [0.25, 0.3) is 0 Å². The number of para-hydroxylation sites is 1. The first-order valence-corrected chi connectivity index (χ1v) is 7.28. The number of aldehydes is 1. The highest BCUT2D eigenvalue weighted by Gasteiger charge is 2.21. The van der Waals surface area contributed by atoms with Gasteiger partial charge in [-0.3, -0.25) is 4.98 Å². The smallest absolute Gasteiger partial charge is 0.123 e. The van der Waals surface area contributed by atoms with Gasteiger partial charge in [0, 0.05) is 23.4 Å². The van der Waals surface area contributed by atoms with Crippen LogP contribution in [-0.4, -0.2) is 16.4 Å². The van der Waals surface area contributed by atoms with Crippen LogP contribution in [0.4, 0.5) is 0 Å². The average Bonchev–Trinajstić information content (AvgIpc) is 2.56. The van der Waals surface area contributed by atoms with Crippen LogP contribution >= 0.6 is 0 Å². The van der Waals surface area contributed by atoms with Gasteiger partial charge in [-0.2, -0.15) is 0 Å². The van der Waals surface area contributed by atoms with Gasteiger partial charge in [-0.25, -0.2) is 0 Å². The van der Waals surface area contributed by atoms with E-state index in [0.29, 0.717) is 0 Å². The predicted octanol–water partition coefficient (Wildman–Crippen LogP) is 3.91. The van der Waals surface area contributed by atoms with Crippen LogP contribution in [0.1, 0.15) is 24.0 Å². The van der Waals surface area contributed by atoms with Crippen molar-refractivity contribution in [2.45, 2.75) is 12.8 Å². The number of benzene rings is 2. The third-order valence-corrected chi connectivity index (χ3v) is 3.96. The molecule has 0 aliphatic rings. The fourth-order valence-electron chi connectivity index (χ4n) is 2.82. The van der Waals surface area contributed by atoms with Crippen molar-refractivity contribution in [3.8, 4) is 5.75 Å². The number of hydrogen-bond donors (Lipinski definition) is 1. The van der Waals surface area contributed by atoms with E-state index in [1.54, 1.807) is 12.1 Å². The molecular formula is C19H17NO2. The van der Waals surface area contributed by atoms with Crippen LogP contribution in [0.2, 0.25) is 0 Å². The molecule has 3 rings (SSSR count). The summed E-state index contributed by atoms with van der Waals surface area (Å²) in [5, 5.41) is 10.5. The molecule has 110 valence electrons. The maximum atomic E-state index is 11.4. The standard InChI is InChI=1S/C19H17NO2/c1-13(12-21)19(14-6-8-17(22)9-7-14)16-10-15-4-2-3-5-18(15)20-11-16/h2-13,19,22H,1H3. The highest BCUT2D eigenvalue weighted by atomic mass is 16.3. The molecule has 0 saturated carbocycles. The highest BCUT2D eigenvalue weighted by molar-refractivity contribution is 5.79. The van der Waals surface area contributed by atoms with E-state index in [1.165, 1.54) is 0 Å². The van der Waals surface area contributed by atoms with E-state index < -0.39 is 0 Å². The third kappa shape index (κ3) is 2.70. The zero-order valence-electron chi connectivity index (χ0n) is 12.3. The summed E-state index contributed by atoms with van der Waals surface area (Å²) in [5.41, 5.74) is 2.94. The van der Waals surface area contributed by atoms with E-state index in [4.69, 9.17) is 0 Å². The molecule has 1 heterocycles. The molecule has 1 aromatic heterocycles. The molecular weight excluding hydrogens is 274 g/mol. The van der Waals surface area contributed by atoms with Gasteiger partial charge in [-0.1, -0.05) is 37.3 Å². The first-order valence-electron chi connectivity index (χ1n) is 7.28. The minimum atomic E-state index is -0.174. The Morgan fingerprint density at radius 3 is 2.50 bits per heavy atom. The van der Waals surface area contributed by atoms with Crippen LogP contribution in [0, 0.1) is 5.92 Å². The van der Waals surface area contributed by atoms with E-state index in [0.717, 1.165) is 28.3 Å². The molecule has 2 aromatic carbocycles. The van der Waals surface area contributed by atoms with Crippen molar-refractivity contribution in [2.24, 2.45) is 5.92 Å². The molecule has 0 aliphatic heterocycles. The zero-order chi connectivity index (χ0) is 15.5. The molecule has 2 atom stereocenters. The third-order valence-electron chi connectivity index (χ3n) is 3.96. The van der Waals surface area contributed by atoms with Crippen molar-refractivity contribution in [1.29, 1.82) is 0 Å². The number of aromatic hydroxyl groups is 1. The van der Waals surface area contributed by atoms with Gasteiger partial charge >= 0.3 is 0 Å². The Morgan fingerprint density at radius 1 is 1.05 bits per heavy atom. The SMILES string of the molecule is CC(C=O)C(c1ccc(O)cc1)c1cnc2ccccc2c1. The van der Waals surface area contributed by atoms with Gasteiger partial charge < -0.3 is 9.90 Å². The number of pyridine rings is 1. The largest absolute Gasteiger partial charge is 0.508 e. The molecule has 0 fully saturated rings. The van der Waals surface area contributed by atoms with Crippen LogP contribution in [0.15, 0.2) is 60.8 Å². The monoisotopic (exact) mass is 291 g/mol. The lowest BCUT2D eigenvalue weighted by Gasteiger charge is -2.21. The number of carbonyl (C=O) groups is 1. The zero-order valence-corrected chi connectivity index (χ0v) is 12.3. The van der Waals surface area contributed by atoms with E-state index >= 15 is 0 Å². The van der Waals surface area contributed by atoms with Crippen molar-refractivity contribution in [3.63, 3.8) is 0 Å². The summed E-state index contributed by atoms with van der Waals surface area (Å²) in [5.74, 6) is -0.0272. The molecule has 3 aromatic rings. The number of hydrogen-bond acceptors (Lipinski definition) is 3. The Hall–Kier alpha value is -2.68. The van der Waals surface area contributed by atoms with Gasteiger partial charge in [0.15, 0.2) is 0 Å². The summed E-state index contributed by atoms with van der Waals surface area (Å²) in [6.07, 6.45) is 2.80. The lowest BCUT2D eigenvalue weighted by Crippen LogP contribution is -2.13. The summed E-state index contributed by atoms with van der Waals surface area (Å²) in [4.78, 5) is 15.9. The maximum Gasteiger partial charge on any atom is 0.123 e. The second kappa shape index (κ2) is 5.98. The Bertz CT molecular complexity index is 796. The van der Waals surface area contributed by atoms with Crippen molar-refractivity contribution in [1.82, 2.24) is 4.98 Å². The van der Waals surface area contributed by atoms with Crippen molar-refractivity contribution in [3.05, 3.63) is 71.9 Å². The summed E-state index contributed by atoms with van der Waals surface area (Å²) in [6.45, 7) is 1.90. The number of rotatable bonds is 4. The first kappa shape index (κ1) is 14.3. The molecule has 0 spiro atoms. The Morgan fingerprint density at radius 2 is 1.77 bits per heavy atom. The maximum absolute atomic E-state index is 11.4. The molecule has 2 unspecified atom stereocenters. The molecule has 0 saturated heterocycles. The van der Waals surface area contributed by atoms with Gasteiger partial charge in [-0.15, -0.1) is 0 Å². The normalized spacial score (nSPS) is 13.7. The Kier molecular flexibility index (Phi) is 3.88. The molecule has 0 amide bonds. The molecule has 0 aliphatic carbocycles. The van der Waals surface area contributed by atoms with Crippen molar-refractivity contribution in [2.75, 3.05) is 0 Å². The Labute approximate surface area is 129 Å². The summed E-state index contributed by atoms with van der Waals surface area (Å²) in [6, 6.07) is 17.0. The molecule has 3 nitrogen and oxygen atoms in total. The second-order valence-electron chi connectivity index (χ2n) is 5.53. The lowest BCUT2D eigenvalue weighted by atomic mass is 9.82. The van der Waals surface area contributed by atoms with Crippen LogP contribution in [0.3, 0.4) is 0 Å². The van der Waals surface area contributed by atoms with E-state index in [1.807, 2.05) is 49.5 Å². The van der Waals surface area contributed by atoms with E-state index in [-0.39, 0.29) is 17.6 Å². The molecule has 3 heteroatoms. The number of aromatic nitrogens is 1. The topological polar surface area (TPSA) is 50.2 Å². The minimum Gasteiger partial charge on any atom is -0.508 e. The van der Waals surface area contributed by atoms with Crippen molar-refractivity contribution < 1.29 is 9.90 Å². The van der Waals surface area contributed by atoms with Crippen LogP contribution in [0.5, 0.6) is 5.75 Å². The Balaban J connectivity index is 2.11. The summed E-state index contributed by atoms with van der Waals surface area (Å²) >= 11 is 0. The van der Waals surface area contributed by atoms with Crippen molar-refractivity contribution >= 4 is 17.2 Å². The fraction of sp³-hybridized carbons (Fsp3) is 0.158. The van der Waals surface area contributed by atoms with Gasteiger partial charge in [0.1, 0.15) is 12.0 Å². The fourth-order valence-corrected chi connectivity index (χ4v) is 2.82. The number of nitrogens with zero attached hydrogens (tertiary/aromatic N) is 1. The van der Waals surface area contributed by atoms with Gasteiger partial charge in [0.2, 0.25) is 0 Å². The summed E-state index contributed by atoms with van der Waals surface area (Å²) < 4.78 is 0. The second-order valence-corrected chi connectivity index (χ2v) is 5.53. The number of phenolic OH excluding ortho intramolecular Hbond substituents is 1. The summed E-state index contributed by atoms with van der Waals surface area (Å²) in [7, 11) is 0. The molecule has 0 bridgehead atoms. The molecule has 22 heavy (non-hydrogen) atoms. The van der Waals surface area contributed by atoms with Gasteiger partial charge in [0.05, 0.1) is 5.52 Å². The average molecular weight is 291 g/mol. The lowest BCUT2D eigenvalue weighted by molar-refractivity contribution is -0.111. The first-order chi connectivity index (χ1) is 10.7. The van der Waals surface area contributed by atoms with Gasteiger partial charge in [-0.05, 0) is 35.4 Å². The van der Waals surface area contributed by atoms with Crippen LogP contribution in [-0.2, 0) is 4.79 Å². The minimum absolute atomic E-state index is 0.0739. The number of fused-ring (bicyclic) bond motifs is 1. The molecule has 1 N–H and O–H groups in total. The number of carbonyl (C=O) groups excluding carboxylic acids is 1. The predicted molar refractivity (Wildman–Crippen MR) is 86.9 cm³/mol. The van der Waals surface area contributed by atoms with Crippen LogP contribution in [0.25, 0.3) is 10.9 Å². The number of phenols is 1. The van der Waals surface area contributed by atoms with Crippen LogP contribution < -0.4 is 0 Å².